The number of anilines is 1. The van der Waals surface area contributed by atoms with Gasteiger partial charge in [-0.05, 0) is 23.8 Å². The van der Waals surface area contributed by atoms with Crippen LogP contribution in [-0.2, 0) is 13.6 Å². The van der Waals surface area contributed by atoms with Gasteiger partial charge >= 0.3 is 0 Å². The number of halogens is 1. The van der Waals surface area contributed by atoms with Crippen LogP contribution < -0.4 is 20.5 Å². The maximum absolute atomic E-state index is 5.93. The van der Waals surface area contributed by atoms with E-state index in [0.29, 0.717) is 25.7 Å². The summed E-state index contributed by atoms with van der Waals surface area (Å²) in [6, 6.07) is 7.68. The Morgan fingerprint density at radius 2 is 2.04 bits per heavy atom. The number of guanidine groups is 1. The van der Waals surface area contributed by atoms with Crippen molar-refractivity contribution in [2.45, 2.75) is 13.0 Å². The van der Waals surface area contributed by atoms with Crippen molar-refractivity contribution >= 4 is 35.6 Å². The molecule has 3 N–H and O–H groups in total. The molecule has 0 spiro atoms. The summed E-state index contributed by atoms with van der Waals surface area (Å²) in [5.41, 5.74) is 7.88. The molecule has 3 rings (SSSR count). The highest BCUT2D eigenvalue weighted by atomic mass is 127. The molecule has 0 aliphatic carbocycles. The lowest BCUT2D eigenvalue weighted by molar-refractivity contribution is 0.297. The highest BCUT2D eigenvalue weighted by molar-refractivity contribution is 14.0. The second-order valence-electron chi connectivity index (χ2n) is 5.22. The Morgan fingerprint density at radius 1 is 1.26 bits per heavy atom. The Labute approximate surface area is 152 Å². The largest absolute Gasteiger partial charge is 0.490 e. The number of benzene rings is 1. The van der Waals surface area contributed by atoms with Crippen LogP contribution in [0.1, 0.15) is 12.0 Å². The van der Waals surface area contributed by atoms with Crippen LogP contribution in [0.4, 0.5) is 5.69 Å². The minimum Gasteiger partial charge on any atom is -0.490 e. The highest BCUT2D eigenvalue weighted by Gasteiger charge is 2.10. The molecule has 2 heterocycles. The number of hydrogen-bond acceptors (Lipinski definition) is 3. The molecule has 2 aromatic rings. The van der Waals surface area contributed by atoms with Crippen molar-refractivity contribution in [1.29, 1.82) is 0 Å². The van der Waals surface area contributed by atoms with E-state index >= 15 is 0 Å². The monoisotopic (exact) mass is 428 g/mol. The van der Waals surface area contributed by atoms with Gasteiger partial charge in [-0.3, -0.25) is 0 Å². The Balaban J connectivity index is 0.00000192. The van der Waals surface area contributed by atoms with Crippen LogP contribution in [0, 0.1) is 0 Å². The van der Waals surface area contributed by atoms with E-state index in [1.54, 1.807) is 0 Å². The third-order valence-corrected chi connectivity index (χ3v) is 3.35. The maximum Gasteiger partial charge on any atom is 0.193 e. The molecule has 0 saturated heterocycles. The van der Waals surface area contributed by atoms with Gasteiger partial charge in [0.05, 0.1) is 19.8 Å². The van der Waals surface area contributed by atoms with Gasteiger partial charge in [0.2, 0.25) is 0 Å². The average Bonchev–Trinajstić information content (AvgIpc) is 2.78. The molecule has 0 atom stereocenters. The molecule has 0 radical (unpaired) electrons. The molecule has 7 heteroatoms. The lowest BCUT2D eigenvalue weighted by Crippen LogP contribution is -2.22. The smallest absolute Gasteiger partial charge is 0.193 e. The summed E-state index contributed by atoms with van der Waals surface area (Å²) in [5, 5.41) is 3.07. The van der Waals surface area contributed by atoms with Gasteiger partial charge < -0.3 is 25.1 Å². The molecule has 124 valence electrons. The average molecular weight is 428 g/mol. The van der Waals surface area contributed by atoms with E-state index in [-0.39, 0.29) is 24.0 Å². The standard InChI is InChI=1S/C16H20N4O2.HI/c1-20-6-5-12(11-20)10-18-16(17)19-13-3-4-14-15(9-13)22-8-2-7-21-14;/h3-6,9,11H,2,7-8,10H2,1H3,(H3,17,18,19);1H. The number of aromatic nitrogens is 1. The van der Waals surface area contributed by atoms with E-state index in [0.717, 1.165) is 29.2 Å². The van der Waals surface area contributed by atoms with Crippen LogP contribution in [0.3, 0.4) is 0 Å². The molecule has 0 amide bonds. The van der Waals surface area contributed by atoms with Crippen LogP contribution >= 0.6 is 24.0 Å². The van der Waals surface area contributed by atoms with E-state index in [2.05, 4.69) is 10.3 Å². The number of nitrogens with two attached hydrogens (primary N) is 1. The normalized spacial score (nSPS) is 13.9. The Kier molecular flexibility index (Phi) is 6.14. The fourth-order valence-electron chi connectivity index (χ4n) is 2.26. The molecular formula is C16H21IN4O2. The first-order valence-corrected chi connectivity index (χ1v) is 7.28. The van der Waals surface area contributed by atoms with E-state index in [9.17, 15) is 0 Å². The van der Waals surface area contributed by atoms with Crippen molar-refractivity contribution in [2.75, 3.05) is 18.5 Å². The Bertz CT molecular complexity index is 684. The number of aliphatic imine (C=N–C) groups is 1. The Morgan fingerprint density at radius 3 is 2.78 bits per heavy atom. The van der Waals surface area contributed by atoms with Gasteiger partial charge in [-0.15, -0.1) is 24.0 Å². The van der Waals surface area contributed by atoms with Crippen LogP contribution in [0.25, 0.3) is 0 Å². The summed E-state index contributed by atoms with van der Waals surface area (Å²) in [6.45, 7) is 1.89. The topological polar surface area (TPSA) is 73.8 Å². The van der Waals surface area contributed by atoms with Crippen molar-refractivity contribution in [1.82, 2.24) is 4.57 Å². The fourth-order valence-corrected chi connectivity index (χ4v) is 2.26. The van der Waals surface area contributed by atoms with Gasteiger partial charge in [-0.1, -0.05) is 0 Å². The van der Waals surface area contributed by atoms with Crippen LogP contribution in [0.2, 0.25) is 0 Å². The molecule has 6 nitrogen and oxygen atoms in total. The zero-order valence-corrected chi connectivity index (χ0v) is 15.3. The SMILES string of the molecule is Cn1ccc(CN=C(N)Nc2ccc3c(c2)OCCCO3)c1.I. The molecular weight excluding hydrogens is 407 g/mol. The number of hydrogen-bond donors (Lipinski definition) is 2. The van der Waals surface area contributed by atoms with Crippen molar-refractivity contribution in [2.24, 2.45) is 17.8 Å². The molecule has 0 saturated carbocycles. The maximum atomic E-state index is 5.93. The van der Waals surface area contributed by atoms with Crippen molar-refractivity contribution in [3.63, 3.8) is 0 Å². The number of rotatable bonds is 3. The highest BCUT2D eigenvalue weighted by Crippen LogP contribution is 2.32. The predicted molar refractivity (Wildman–Crippen MR) is 102 cm³/mol. The first-order chi connectivity index (χ1) is 10.7. The predicted octanol–water partition coefficient (Wildman–Crippen LogP) is 2.73. The van der Waals surface area contributed by atoms with Gasteiger partial charge in [0.1, 0.15) is 0 Å². The van der Waals surface area contributed by atoms with Crippen molar-refractivity contribution in [3.05, 3.63) is 42.2 Å². The molecule has 1 aliphatic rings. The van der Waals surface area contributed by atoms with Crippen molar-refractivity contribution < 1.29 is 9.47 Å². The van der Waals surface area contributed by atoms with Crippen molar-refractivity contribution in [3.8, 4) is 11.5 Å². The minimum absolute atomic E-state index is 0. The third kappa shape index (κ3) is 4.78. The summed E-state index contributed by atoms with van der Waals surface area (Å²) in [4.78, 5) is 4.33. The number of nitrogens with zero attached hydrogens (tertiary/aromatic N) is 2. The number of ether oxygens (including phenoxy) is 2. The first-order valence-electron chi connectivity index (χ1n) is 7.28. The Hall–Kier alpha value is -1.90. The third-order valence-electron chi connectivity index (χ3n) is 3.35. The second kappa shape index (κ2) is 8.09. The van der Waals surface area contributed by atoms with Crippen LogP contribution in [0.15, 0.2) is 41.7 Å². The molecule has 0 fully saturated rings. The quantitative estimate of drug-likeness (QED) is 0.448. The van der Waals surface area contributed by atoms with Gasteiger partial charge in [0.15, 0.2) is 17.5 Å². The summed E-state index contributed by atoms with van der Waals surface area (Å²) < 4.78 is 13.2. The number of nitrogens with one attached hydrogen (secondary N) is 1. The van der Waals surface area contributed by atoms with Gasteiger partial charge in [0.25, 0.3) is 0 Å². The van der Waals surface area contributed by atoms with Gasteiger partial charge in [0, 0.05) is 37.6 Å². The molecule has 0 bridgehead atoms. The van der Waals surface area contributed by atoms with Gasteiger partial charge in [-0.25, -0.2) is 4.99 Å². The minimum atomic E-state index is 0. The molecule has 1 aromatic heterocycles. The summed E-state index contributed by atoms with van der Waals surface area (Å²) in [5.74, 6) is 1.87. The lowest BCUT2D eigenvalue weighted by atomic mass is 10.3. The van der Waals surface area contributed by atoms with E-state index in [4.69, 9.17) is 15.2 Å². The number of fused-ring (bicyclic) bond motifs is 1. The lowest BCUT2D eigenvalue weighted by Gasteiger charge is -2.10. The second-order valence-corrected chi connectivity index (χ2v) is 5.22. The molecule has 0 unspecified atom stereocenters. The van der Waals surface area contributed by atoms with Crippen LogP contribution in [0.5, 0.6) is 11.5 Å². The van der Waals surface area contributed by atoms with E-state index < -0.39 is 0 Å². The molecule has 23 heavy (non-hydrogen) atoms. The zero-order chi connectivity index (χ0) is 15.4. The number of aryl methyl sites for hydroxylation is 1. The van der Waals surface area contributed by atoms with Gasteiger partial charge in [-0.2, -0.15) is 0 Å². The molecule has 1 aliphatic heterocycles. The van der Waals surface area contributed by atoms with E-state index in [1.165, 1.54) is 0 Å². The summed E-state index contributed by atoms with van der Waals surface area (Å²) >= 11 is 0. The summed E-state index contributed by atoms with van der Waals surface area (Å²) in [7, 11) is 1.98. The van der Waals surface area contributed by atoms with Crippen LogP contribution in [-0.4, -0.2) is 23.7 Å². The fraction of sp³-hybridized carbons (Fsp3) is 0.312. The zero-order valence-electron chi connectivity index (χ0n) is 13.0. The van der Waals surface area contributed by atoms with E-state index in [1.807, 2.05) is 48.3 Å². The summed E-state index contributed by atoms with van der Waals surface area (Å²) in [6.07, 6.45) is 4.89. The molecule has 1 aromatic carbocycles. The first kappa shape index (κ1) is 17.5.